The molecule has 0 saturated carbocycles. The molecule has 0 fully saturated rings. The molecule has 14 heavy (non-hydrogen) atoms. The average Bonchev–Trinajstić information content (AvgIpc) is 2.12. The molecule has 2 nitrogen and oxygen atoms in total. The molecule has 0 saturated heterocycles. The number of halogens is 1. The number of alkyl halides is 1. The molecule has 1 heterocycles. The van der Waals surface area contributed by atoms with E-state index in [2.05, 4.69) is 17.2 Å². The van der Waals surface area contributed by atoms with Gasteiger partial charge in [-0.05, 0) is 32.4 Å². The quantitative estimate of drug-likeness (QED) is 0.776. The molecule has 1 aromatic rings. The van der Waals surface area contributed by atoms with E-state index >= 15 is 0 Å². The highest BCUT2D eigenvalue weighted by Crippen LogP contribution is 2.13. The van der Waals surface area contributed by atoms with Crippen molar-refractivity contribution >= 4 is 17.3 Å². The summed E-state index contributed by atoms with van der Waals surface area (Å²) in [5.41, 5.74) is 3.19. The number of nitrogens with zero attached hydrogens (tertiary/aromatic N) is 1. The molecular weight excluding hydrogens is 196 g/mol. The summed E-state index contributed by atoms with van der Waals surface area (Å²) < 4.78 is 0. The van der Waals surface area contributed by atoms with Gasteiger partial charge in [-0.2, -0.15) is 0 Å². The zero-order valence-electron chi connectivity index (χ0n) is 8.97. The summed E-state index contributed by atoms with van der Waals surface area (Å²) in [4.78, 5) is 4.32. The highest BCUT2D eigenvalue weighted by atomic mass is 35.5. The smallest absolute Gasteiger partial charge is 0.0425 e. The first kappa shape index (κ1) is 11.3. The maximum atomic E-state index is 5.82. The second-order valence-corrected chi connectivity index (χ2v) is 3.85. The molecule has 1 N–H and O–H groups in total. The Balaban J connectivity index is 2.75. The maximum absolute atomic E-state index is 5.82. The zero-order valence-corrected chi connectivity index (χ0v) is 9.73. The van der Waals surface area contributed by atoms with Gasteiger partial charge in [-0.25, -0.2) is 0 Å². The van der Waals surface area contributed by atoms with E-state index < -0.39 is 0 Å². The van der Waals surface area contributed by atoms with Crippen molar-refractivity contribution in [2.24, 2.45) is 0 Å². The third kappa shape index (κ3) is 3.18. The molecule has 1 aromatic heterocycles. The minimum Gasteiger partial charge on any atom is -0.381 e. The lowest BCUT2D eigenvalue weighted by Gasteiger charge is -2.15. The molecule has 3 heteroatoms. The lowest BCUT2D eigenvalue weighted by Crippen LogP contribution is -2.20. The molecule has 0 spiro atoms. The largest absolute Gasteiger partial charge is 0.381 e. The van der Waals surface area contributed by atoms with Crippen LogP contribution in [0.3, 0.4) is 0 Å². The minimum atomic E-state index is 0.345. The highest BCUT2D eigenvalue weighted by Gasteiger charge is 2.04. The molecular formula is C11H17ClN2. The maximum Gasteiger partial charge on any atom is 0.0425 e. The van der Waals surface area contributed by atoms with Gasteiger partial charge in [0.25, 0.3) is 0 Å². The minimum absolute atomic E-state index is 0.345. The molecule has 0 bridgehead atoms. The van der Waals surface area contributed by atoms with Crippen LogP contribution in [-0.2, 0) is 0 Å². The van der Waals surface area contributed by atoms with E-state index in [0.717, 1.165) is 23.5 Å². The van der Waals surface area contributed by atoms with Gasteiger partial charge in [0.15, 0.2) is 0 Å². The molecule has 0 aliphatic heterocycles. The van der Waals surface area contributed by atoms with Crippen LogP contribution in [0.15, 0.2) is 12.1 Å². The fourth-order valence-electron chi connectivity index (χ4n) is 1.40. The van der Waals surface area contributed by atoms with Crippen LogP contribution in [0.25, 0.3) is 0 Å². The molecule has 0 aliphatic rings. The van der Waals surface area contributed by atoms with Crippen molar-refractivity contribution in [2.75, 3.05) is 11.2 Å². The van der Waals surface area contributed by atoms with Crippen molar-refractivity contribution in [2.45, 2.75) is 33.2 Å². The Labute approximate surface area is 90.7 Å². The van der Waals surface area contributed by atoms with E-state index in [0.29, 0.717) is 11.9 Å². The SMILES string of the molecule is CCC(CCl)Nc1cc(C)nc(C)c1. The van der Waals surface area contributed by atoms with Gasteiger partial charge in [-0.15, -0.1) is 11.6 Å². The number of aryl methyl sites for hydroxylation is 2. The number of hydrogen-bond acceptors (Lipinski definition) is 2. The molecule has 1 rings (SSSR count). The Morgan fingerprint density at radius 3 is 2.36 bits per heavy atom. The summed E-state index contributed by atoms with van der Waals surface area (Å²) in [6.45, 7) is 6.13. The van der Waals surface area contributed by atoms with Gasteiger partial charge in [0.2, 0.25) is 0 Å². The lowest BCUT2D eigenvalue weighted by molar-refractivity contribution is 0.769. The summed E-state index contributed by atoms with van der Waals surface area (Å²) in [5, 5.41) is 3.39. The van der Waals surface area contributed by atoms with Gasteiger partial charge >= 0.3 is 0 Å². The molecule has 0 aliphatic carbocycles. The topological polar surface area (TPSA) is 24.9 Å². The van der Waals surface area contributed by atoms with Crippen molar-refractivity contribution < 1.29 is 0 Å². The molecule has 0 aromatic carbocycles. The highest BCUT2D eigenvalue weighted by molar-refractivity contribution is 6.18. The molecule has 0 radical (unpaired) electrons. The van der Waals surface area contributed by atoms with Crippen LogP contribution >= 0.6 is 11.6 Å². The Morgan fingerprint density at radius 1 is 1.36 bits per heavy atom. The van der Waals surface area contributed by atoms with Gasteiger partial charge in [-0.3, -0.25) is 4.98 Å². The predicted molar refractivity (Wildman–Crippen MR) is 62.1 cm³/mol. The van der Waals surface area contributed by atoms with Crippen LogP contribution in [0.5, 0.6) is 0 Å². The van der Waals surface area contributed by atoms with Crippen LogP contribution in [0.1, 0.15) is 24.7 Å². The molecule has 1 atom stereocenters. The Morgan fingerprint density at radius 2 is 1.93 bits per heavy atom. The summed E-state index contributed by atoms with van der Waals surface area (Å²) in [7, 11) is 0. The van der Waals surface area contributed by atoms with Gasteiger partial charge in [-0.1, -0.05) is 6.92 Å². The second kappa shape index (κ2) is 5.20. The van der Waals surface area contributed by atoms with Gasteiger partial charge in [0, 0.05) is 29.0 Å². The number of anilines is 1. The monoisotopic (exact) mass is 212 g/mol. The number of pyridine rings is 1. The molecule has 78 valence electrons. The number of hydrogen-bond donors (Lipinski definition) is 1. The lowest BCUT2D eigenvalue weighted by atomic mass is 10.2. The van der Waals surface area contributed by atoms with Crippen molar-refractivity contribution in [3.63, 3.8) is 0 Å². The van der Waals surface area contributed by atoms with Crippen LogP contribution in [0, 0.1) is 13.8 Å². The fourth-order valence-corrected chi connectivity index (χ4v) is 1.70. The summed E-state index contributed by atoms with van der Waals surface area (Å²) >= 11 is 5.82. The van der Waals surface area contributed by atoms with Crippen LogP contribution in [-0.4, -0.2) is 16.9 Å². The van der Waals surface area contributed by atoms with Crippen LogP contribution < -0.4 is 5.32 Å². The molecule has 0 amide bonds. The first-order valence-corrected chi connectivity index (χ1v) is 5.47. The van der Waals surface area contributed by atoms with Crippen molar-refractivity contribution in [1.82, 2.24) is 4.98 Å². The summed E-state index contributed by atoms with van der Waals surface area (Å²) in [6, 6.07) is 4.43. The van der Waals surface area contributed by atoms with E-state index in [1.807, 2.05) is 26.0 Å². The first-order valence-electron chi connectivity index (χ1n) is 4.93. The molecule has 1 unspecified atom stereocenters. The van der Waals surface area contributed by atoms with E-state index in [4.69, 9.17) is 11.6 Å². The Bertz CT molecular complexity index is 275. The summed E-state index contributed by atoms with van der Waals surface area (Å²) in [6.07, 6.45) is 1.03. The van der Waals surface area contributed by atoms with Crippen LogP contribution in [0.2, 0.25) is 0 Å². The van der Waals surface area contributed by atoms with Gasteiger partial charge < -0.3 is 5.32 Å². The van der Waals surface area contributed by atoms with E-state index in [9.17, 15) is 0 Å². The third-order valence-electron chi connectivity index (χ3n) is 2.13. The second-order valence-electron chi connectivity index (χ2n) is 3.54. The Kier molecular flexibility index (Phi) is 4.21. The van der Waals surface area contributed by atoms with Crippen LogP contribution in [0.4, 0.5) is 5.69 Å². The average molecular weight is 213 g/mol. The third-order valence-corrected chi connectivity index (χ3v) is 2.50. The number of aromatic nitrogens is 1. The van der Waals surface area contributed by atoms with E-state index in [1.165, 1.54) is 0 Å². The van der Waals surface area contributed by atoms with Gasteiger partial charge in [0.1, 0.15) is 0 Å². The fraction of sp³-hybridized carbons (Fsp3) is 0.545. The predicted octanol–water partition coefficient (Wildman–Crippen LogP) is 3.13. The standard InChI is InChI=1S/C11H17ClN2/c1-4-10(7-12)14-11-5-8(2)13-9(3)6-11/h5-6,10H,4,7H2,1-3H3,(H,13,14). The number of nitrogens with one attached hydrogen (secondary N) is 1. The summed E-state index contributed by atoms with van der Waals surface area (Å²) in [5.74, 6) is 0.636. The normalized spacial score (nSPS) is 12.6. The van der Waals surface area contributed by atoms with E-state index in [-0.39, 0.29) is 0 Å². The zero-order chi connectivity index (χ0) is 10.6. The van der Waals surface area contributed by atoms with Crippen molar-refractivity contribution in [3.8, 4) is 0 Å². The van der Waals surface area contributed by atoms with Crippen molar-refractivity contribution in [1.29, 1.82) is 0 Å². The first-order chi connectivity index (χ1) is 6.65. The van der Waals surface area contributed by atoms with Crippen molar-refractivity contribution in [3.05, 3.63) is 23.5 Å². The number of rotatable bonds is 4. The Hall–Kier alpha value is -0.760. The van der Waals surface area contributed by atoms with E-state index in [1.54, 1.807) is 0 Å². The van der Waals surface area contributed by atoms with Gasteiger partial charge in [0.05, 0.1) is 0 Å².